The molecule has 0 amide bonds. The fourth-order valence-electron chi connectivity index (χ4n) is 5.44. The molecule has 0 aliphatic carbocycles. The van der Waals surface area contributed by atoms with Crippen molar-refractivity contribution >= 4 is 10.4 Å². The first-order valence-electron chi connectivity index (χ1n) is 18.4. The van der Waals surface area contributed by atoms with Gasteiger partial charge in [-0.25, -0.2) is 0 Å². The zero-order chi connectivity index (χ0) is 33.6. The summed E-state index contributed by atoms with van der Waals surface area (Å²) in [5, 5.41) is 0. The summed E-state index contributed by atoms with van der Waals surface area (Å²) in [7, 11) is 4.40. The first-order valence-corrected chi connectivity index (χ1v) is 19.7. The summed E-state index contributed by atoms with van der Waals surface area (Å²) >= 11 is 0. The molecule has 0 spiro atoms. The molecule has 7 heteroatoms. The van der Waals surface area contributed by atoms with Crippen LogP contribution in [0.25, 0.3) is 0 Å². The third kappa shape index (κ3) is 37.9. The third-order valence-electron chi connectivity index (χ3n) is 9.74. The van der Waals surface area contributed by atoms with E-state index in [-0.39, 0.29) is 0 Å². The highest BCUT2D eigenvalue weighted by Gasteiger charge is 2.22. The van der Waals surface area contributed by atoms with Crippen molar-refractivity contribution in [1.29, 1.82) is 0 Å². The number of hydrogen-bond acceptors (Lipinski definition) is 4. The van der Waals surface area contributed by atoms with Crippen LogP contribution in [0.4, 0.5) is 0 Å². The minimum Gasteiger partial charge on any atom is -0.759 e. The maximum Gasteiger partial charge on any atom is 0.0855 e. The highest BCUT2D eigenvalue weighted by molar-refractivity contribution is 7.79. The van der Waals surface area contributed by atoms with Crippen molar-refractivity contribution < 1.29 is 26.5 Å². The summed E-state index contributed by atoms with van der Waals surface area (Å²) in [5.41, 5.74) is 0. The van der Waals surface area contributed by atoms with E-state index in [4.69, 9.17) is 17.5 Å². The predicted molar refractivity (Wildman–Crippen MR) is 188 cm³/mol. The second-order valence-electron chi connectivity index (χ2n) is 14.3. The lowest BCUT2D eigenvalue weighted by Crippen LogP contribution is -2.47. The second-order valence-corrected chi connectivity index (χ2v) is 15.1. The van der Waals surface area contributed by atoms with E-state index >= 15 is 0 Å². The molecule has 0 saturated heterocycles. The van der Waals surface area contributed by atoms with Gasteiger partial charge in [-0.1, -0.05) is 130 Å². The van der Waals surface area contributed by atoms with Gasteiger partial charge in [0.05, 0.1) is 53.4 Å². The van der Waals surface area contributed by atoms with Gasteiger partial charge in [0.1, 0.15) is 0 Å². The fraction of sp³-hybridized carbons (Fsp3) is 1.00. The van der Waals surface area contributed by atoms with Crippen LogP contribution in [0.2, 0.25) is 0 Å². The number of unbranched alkanes of at least 4 members (excludes halogenated alkanes) is 18. The van der Waals surface area contributed by atoms with Crippen LogP contribution in [-0.4, -0.2) is 79.9 Å². The number of nitrogens with zero attached hydrogens (tertiary/aromatic N) is 2. The maximum atomic E-state index is 8.52. The molecule has 0 N–H and O–H groups in total. The summed E-state index contributed by atoms with van der Waals surface area (Å²) in [6, 6.07) is 1.61. The van der Waals surface area contributed by atoms with E-state index in [1.807, 2.05) is 0 Å². The van der Waals surface area contributed by atoms with Crippen molar-refractivity contribution in [2.75, 3.05) is 41.3 Å². The van der Waals surface area contributed by atoms with Crippen molar-refractivity contribution in [3.8, 4) is 0 Å². The van der Waals surface area contributed by atoms with Crippen LogP contribution in [0, 0.1) is 0 Å². The van der Waals surface area contributed by atoms with Crippen molar-refractivity contribution in [2.24, 2.45) is 0 Å². The first kappa shape index (κ1) is 47.2. The molecule has 0 fully saturated rings. The lowest BCUT2D eigenvalue weighted by Gasteiger charge is -2.35. The summed E-state index contributed by atoms with van der Waals surface area (Å²) < 4.78 is 36.5. The van der Waals surface area contributed by atoms with E-state index in [1.54, 1.807) is 0 Å². The van der Waals surface area contributed by atoms with Crippen LogP contribution in [-0.2, 0) is 10.4 Å². The molecule has 43 heavy (non-hydrogen) atoms. The quantitative estimate of drug-likeness (QED) is 0.0409. The minimum atomic E-state index is -5.17. The molecule has 2 unspecified atom stereocenters. The fourth-order valence-corrected chi connectivity index (χ4v) is 5.44. The zero-order valence-electron chi connectivity index (χ0n) is 31.1. The number of quaternary nitrogens is 2. The Morgan fingerprint density at radius 2 is 0.628 bits per heavy atom. The molecule has 0 aromatic heterocycles. The van der Waals surface area contributed by atoms with E-state index in [0.717, 1.165) is 12.1 Å². The van der Waals surface area contributed by atoms with Crippen molar-refractivity contribution in [3.63, 3.8) is 0 Å². The molecule has 0 saturated carbocycles. The Bertz CT molecular complexity index is 618. The van der Waals surface area contributed by atoms with E-state index in [2.05, 4.69) is 69.7 Å². The van der Waals surface area contributed by atoms with Crippen LogP contribution >= 0.6 is 0 Å². The molecular weight excluding hydrogens is 556 g/mol. The zero-order valence-corrected chi connectivity index (χ0v) is 31.9. The highest BCUT2D eigenvalue weighted by atomic mass is 32.3. The van der Waals surface area contributed by atoms with E-state index < -0.39 is 10.4 Å². The Hall–Kier alpha value is -0.210. The van der Waals surface area contributed by atoms with Crippen molar-refractivity contribution in [3.05, 3.63) is 0 Å². The summed E-state index contributed by atoms with van der Waals surface area (Å²) in [6.07, 6.45) is 31.4. The van der Waals surface area contributed by atoms with Gasteiger partial charge in [-0.05, 0) is 52.4 Å². The average Bonchev–Trinajstić information content (AvgIpc) is 2.93. The van der Waals surface area contributed by atoms with Gasteiger partial charge in [0, 0.05) is 10.4 Å². The van der Waals surface area contributed by atoms with Gasteiger partial charge in [0.2, 0.25) is 0 Å². The molecule has 264 valence electrons. The molecule has 6 nitrogen and oxygen atoms in total. The second kappa shape index (κ2) is 30.4. The van der Waals surface area contributed by atoms with Gasteiger partial charge in [-0.15, -0.1) is 0 Å². The van der Waals surface area contributed by atoms with Crippen LogP contribution in [0.1, 0.15) is 183 Å². The summed E-state index contributed by atoms with van der Waals surface area (Å²) in [4.78, 5) is 0. The Morgan fingerprint density at radius 3 is 0.814 bits per heavy atom. The van der Waals surface area contributed by atoms with Crippen molar-refractivity contribution in [1.82, 2.24) is 0 Å². The smallest absolute Gasteiger partial charge is 0.0855 e. The van der Waals surface area contributed by atoms with Gasteiger partial charge < -0.3 is 18.1 Å². The normalized spacial score (nSPS) is 13.5. The third-order valence-corrected chi connectivity index (χ3v) is 9.74. The molecule has 0 aromatic carbocycles. The van der Waals surface area contributed by atoms with E-state index in [0.29, 0.717) is 0 Å². The Kier molecular flexibility index (Phi) is 33.4. The van der Waals surface area contributed by atoms with E-state index in [9.17, 15) is 0 Å². The van der Waals surface area contributed by atoms with Gasteiger partial charge >= 0.3 is 0 Å². The standard InChI is InChI=1S/2C18H40N.H2O4S/c2*1-6-8-9-10-11-12-13-14-15-16-17-19(4,5)18(3)7-2;1-5(2,3)4/h2*18H,6-17H2,1-5H3;(H2,1,2,3,4)/q2*+1;/p-2. The lowest BCUT2D eigenvalue weighted by atomic mass is 10.1. The van der Waals surface area contributed by atoms with E-state index in [1.165, 1.54) is 163 Å². The molecule has 2 atom stereocenters. The maximum absolute atomic E-state index is 8.52. The molecule has 0 bridgehead atoms. The molecule has 0 heterocycles. The molecule has 0 aromatic rings. The molecule has 0 aliphatic rings. The molecule has 0 radical (unpaired) electrons. The topological polar surface area (TPSA) is 80.3 Å². The van der Waals surface area contributed by atoms with Gasteiger partial charge in [0.15, 0.2) is 0 Å². The summed E-state index contributed by atoms with van der Waals surface area (Å²) in [5.74, 6) is 0. The van der Waals surface area contributed by atoms with Crippen molar-refractivity contribution in [2.45, 2.75) is 195 Å². The van der Waals surface area contributed by atoms with Crippen LogP contribution in [0.5, 0.6) is 0 Å². The van der Waals surface area contributed by atoms with Gasteiger partial charge in [-0.2, -0.15) is 0 Å². The Labute approximate surface area is 272 Å². The SMILES string of the molecule is CCCCCCCCCCCC[N+](C)(C)C(C)CC.CCCCCCCCCCCC[N+](C)(C)C(C)CC.O=S(=O)([O-])[O-]. The summed E-state index contributed by atoms with van der Waals surface area (Å²) in [6.45, 7) is 16.7. The Balaban J connectivity index is -0.000000642. The van der Waals surface area contributed by atoms with Crippen LogP contribution in [0.15, 0.2) is 0 Å². The number of hydrogen-bond donors (Lipinski definition) is 0. The van der Waals surface area contributed by atoms with Crippen LogP contribution < -0.4 is 0 Å². The Morgan fingerprint density at radius 1 is 0.442 bits per heavy atom. The average molecular weight is 637 g/mol. The first-order chi connectivity index (χ1) is 20.1. The van der Waals surface area contributed by atoms with Gasteiger partial charge in [-0.3, -0.25) is 8.42 Å². The monoisotopic (exact) mass is 637 g/mol. The van der Waals surface area contributed by atoms with Crippen LogP contribution in [0.3, 0.4) is 0 Å². The van der Waals surface area contributed by atoms with Gasteiger partial charge in [0.25, 0.3) is 0 Å². The molecule has 0 rings (SSSR count). The highest BCUT2D eigenvalue weighted by Crippen LogP contribution is 2.16. The largest absolute Gasteiger partial charge is 0.759 e. The predicted octanol–water partition coefficient (Wildman–Crippen LogP) is 10.2. The minimum absolute atomic E-state index is 0.804. The molecular formula is C36H80N2O4S. The molecule has 0 aliphatic heterocycles. The number of rotatable bonds is 26. The lowest BCUT2D eigenvalue weighted by molar-refractivity contribution is -0.913.